The smallest absolute Gasteiger partial charge is 0.343 e. The van der Waals surface area contributed by atoms with Gasteiger partial charge in [-0.1, -0.05) is 32.8 Å². The van der Waals surface area contributed by atoms with E-state index in [9.17, 15) is 19.5 Å². The van der Waals surface area contributed by atoms with E-state index in [0.29, 0.717) is 29.1 Å². The molecule has 180 valence electrons. The number of hydrogen-bond acceptors (Lipinski definition) is 6. The number of anilines is 2. The fraction of sp³-hybridized carbons (Fsp3) is 0.385. The summed E-state index contributed by atoms with van der Waals surface area (Å²) in [7, 11) is 0. The number of nitrogens with one attached hydrogen (secondary N) is 1. The van der Waals surface area contributed by atoms with Crippen LogP contribution < -0.4 is 15.8 Å². The van der Waals surface area contributed by atoms with Crippen LogP contribution >= 0.6 is 0 Å². The number of esters is 1. The lowest BCUT2D eigenvalue weighted by Gasteiger charge is -2.31. The number of amides is 2. The molecule has 3 aliphatic rings. The Labute approximate surface area is 201 Å². The number of rotatable bonds is 5. The molecule has 6 rings (SSSR count). The first-order valence-electron chi connectivity index (χ1n) is 12.1. The van der Waals surface area contributed by atoms with Crippen LogP contribution in [0.3, 0.4) is 0 Å². The summed E-state index contributed by atoms with van der Waals surface area (Å²) in [5.74, 6) is -0.750. The number of urea groups is 1. The van der Waals surface area contributed by atoms with Gasteiger partial charge in [-0.2, -0.15) is 0 Å². The molecule has 0 fully saturated rings. The fourth-order valence-corrected chi connectivity index (χ4v) is 5.53. The van der Waals surface area contributed by atoms with Gasteiger partial charge in [0.25, 0.3) is 5.56 Å². The fourth-order valence-electron chi connectivity index (χ4n) is 5.53. The summed E-state index contributed by atoms with van der Waals surface area (Å²) in [4.78, 5) is 45.8. The molecule has 0 aliphatic carbocycles. The Morgan fingerprint density at radius 1 is 1.17 bits per heavy atom. The molecule has 2 N–H and O–H groups in total. The molecule has 1 aromatic carbocycles. The van der Waals surface area contributed by atoms with Gasteiger partial charge in [0.15, 0.2) is 5.60 Å². The predicted octanol–water partition coefficient (Wildman–Crippen LogP) is 3.62. The molecular formula is C26H26N4O5. The lowest BCUT2D eigenvalue weighted by atomic mass is 9.86. The molecule has 35 heavy (non-hydrogen) atoms. The highest BCUT2D eigenvalue weighted by atomic mass is 16.6. The summed E-state index contributed by atoms with van der Waals surface area (Å²) >= 11 is 0. The Balaban J connectivity index is 1.61. The maximum Gasteiger partial charge on any atom is 0.343 e. The van der Waals surface area contributed by atoms with Crippen molar-refractivity contribution in [2.75, 3.05) is 16.8 Å². The summed E-state index contributed by atoms with van der Waals surface area (Å²) in [6.07, 6.45) is 2.97. The number of aliphatic hydroxyl groups is 1. The third kappa shape index (κ3) is 2.91. The average molecular weight is 475 g/mol. The number of carbonyl (C=O) groups excluding carboxylic acids is 2. The van der Waals surface area contributed by atoms with Crippen molar-refractivity contribution in [1.29, 1.82) is 0 Å². The SMILES string of the molecule is CCCCCN1C(=O)Nc2cccc3nc4c(c1c23)Cn1c-4cc2c(c1=O)COC(=O)[C@]2(O)CC. The Bertz CT molecular complexity index is 1490. The van der Waals surface area contributed by atoms with E-state index in [1.165, 1.54) is 0 Å². The lowest BCUT2D eigenvalue weighted by Crippen LogP contribution is -2.44. The van der Waals surface area contributed by atoms with Gasteiger partial charge >= 0.3 is 12.0 Å². The second-order valence-corrected chi connectivity index (χ2v) is 9.38. The minimum Gasteiger partial charge on any atom is -0.458 e. The number of nitrogens with zero attached hydrogens (tertiary/aromatic N) is 3. The van der Waals surface area contributed by atoms with Crippen molar-refractivity contribution in [3.8, 4) is 11.4 Å². The summed E-state index contributed by atoms with van der Waals surface area (Å²) in [5.41, 5.74) is 2.48. The number of carbonyl (C=O) groups is 2. The van der Waals surface area contributed by atoms with Gasteiger partial charge in [0.1, 0.15) is 6.61 Å². The van der Waals surface area contributed by atoms with Gasteiger partial charge in [-0.3, -0.25) is 9.69 Å². The van der Waals surface area contributed by atoms with E-state index < -0.39 is 11.6 Å². The van der Waals surface area contributed by atoms with Gasteiger partial charge in [0, 0.05) is 23.1 Å². The minimum absolute atomic E-state index is 0.0831. The highest BCUT2D eigenvalue weighted by Gasteiger charge is 2.46. The van der Waals surface area contributed by atoms with Crippen LogP contribution in [0, 0.1) is 0 Å². The van der Waals surface area contributed by atoms with Gasteiger partial charge < -0.3 is 19.7 Å². The molecule has 3 aliphatic heterocycles. The molecule has 1 atom stereocenters. The van der Waals surface area contributed by atoms with E-state index >= 15 is 0 Å². The van der Waals surface area contributed by atoms with Crippen molar-refractivity contribution in [2.45, 2.75) is 58.3 Å². The summed E-state index contributed by atoms with van der Waals surface area (Å²) in [6.45, 7) is 4.42. The van der Waals surface area contributed by atoms with Crippen LogP contribution in [0.4, 0.5) is 16.2 Å². The van der Waals surface area contributed by atoms with E-state index in [2.05, 4.69) is 12.2 Å². The maximum atomic E-state index is 13.6. The second-order valence-electron chi connectivity index (χ2n) is 9.38. The number of fused-ring (bicyclic) bond motifs is 5. The highest BCUT2D eigenvalue weighted by Crippen LogP contribution is 2.46. The molecule has 0 radical (unpaired) electrons. The lowest BCUT2D eigenvalue weighted by molar-refractivity contribution is -0.172. The third-order valence-corrected chi connectivity index (χ3v) is 7.43. The first-order valence-corrected chi connectivity index (χ1v) is 12.1. The van der Waals surface area contributed by atoms with Crippen LogP contribution in [0.2, 0.25) is 0 Å². The predicted molar refractivity (Wildman–Crippen MR) is 130 cm³/mol. The molecular weight excluding hydrogens is 448 g/mol. The molecule has 0 spiro atoms. The Hall–Kier alpha value is -3.72. The van der Waals surface area contributed by atoms with Crippen LogP contribution in [-0.4, -0.2) is 33.2 Å². The van der Waals surface area contributed by atoms with E-state index in [0.717, 1.165) is 35.9 Å². The van der Waals surface area contributed by atoms with Gasteiger partial charge in [0.2, 0.25) is 0 Å². The maximum absolute atomic E-state index is 13.6. The van der Waals surface area contributed by atoms with E-state index in [1.54, 1.807) is 22.5 Å². The minimum atomic E-state index is -1.88. The number of cyclic esters (lactones) is 1. The average Bonchev–Trinajstić information content (AvgIpc) is 3.22. The molecule has 0 saturated carbocycles. The van der Waals surface area contributed by atoms with E-state index in [1.807, 2.05) is 18.2 Å². The molecule has 3 aromatic rings. The van der Waals surface area contributed by atoms with Crippen LogP contribution in [0.1, 0.15) is 56.2 Å². The van der Waals surface area contributed by atoms with Gasteiger partial charge in [-0.15, -0.1) is 0 Å². The summed E-state index contributed by atoms with van der Waals surface area (Å²) in [6, 6.07) is 7.10. The van der Waals surface area contributed by atoms with Crippen molar-refractivity contribution in [3.05, 3.63) is 51.3 Å². The Kier molecular flexibility index (Phi) is 4.76. The molecule has 5 heterocycles. The zero-order chi connectivity index (χ0) is 24.5. The number of hydrogen-bond donors (Lipinski definition) is 2. The number of pyridine rings is 2. The van der Waals surface area contributed by atoms with Crippen molar-refractivity contribution in [2.24, 2.45) is 0 Å². The number of benzene rings is 1. The first kappa shape index (κ1) is 21.8. The zero-order valence-corrected chi connectivity index (χ0v) is 19.7. The number of unbranched alkanes of at least 4 members (excludes halogenated alkanes) is 2. The standard InChI is InChI=1S/C26H26N4O5/c1-3-5-6-10-29-22-14-12-30-19(11-16-15(23(30)31)13-35-24(32)26(16,34)4-2)21(14)27-17-8-7-9-18(20(17)22)28-25(29)33/h7-9,11,34H,3-6,10,12-13H2,1-2H3,(H,28,33)/t26-/m0/s1. The van der Waals surface area contributed by atoms with Crippen LogP contribution in [0.25, 0.3) is 22.3 Å². The molecule has 0 unspecified atom stereocenters. The van der Waals surface area contributed by atoms with Crippen molar-refractivity contribution in [1.82, 2.24) is 9.55 Å². The van der Waals surface area contributed by atoms with E-state index in [-0.39, 0.29) is 42.3 Å². The topological polar surface area (TPSA) is 114 Å². The van der Waals surface area contributed by atoms with Crippen molar-refractivity contribution in [3.63, 3.8) is 0 Å². The summed E-state index contributed by atoms with van der Waals surface area (Å²) in [5, 5.41) is 15.0. The molecule has 2 aromatic heterocycles. The van der Waals surface area contributed by atoms with Crippen molar-refractivity contribution < 1.29 is 19.4 Å². The third-order valence-electron chi connectivity index (χ3n) is 7.43. The number of aromatic nitrogens is 2. The van der Waals surface area contributed by atoms with Gasteiger partial charge in [0.05, 0.1) is 40.4 Å². The molecule has 0 bridgehead atoms. The molecule has 9 heteroatoms. The monoisotopic (exact) mass is 474 g/mol. The largest absolute Gasteiger partial charge is 0.458 e. The first-order chi connectivity index (χ1) is 16.9. The quantitative estimate of drug-likeness (QED) is 0.337. The van der Waals surface area contributed by atoms with Gasteiger partial charge in [-0.05, 0) is 31.0 Å². The highest BCUT2D eigenvalue weighted by molar-refractivity contribution is 6.19. The second kappa shape index (κ2) is 7.64. The molecule has 9 nitrogen and oxygen atoms in total. The summed E-state index contributed by atoms with van der Waals surface area (Å²) < 4.78 is 6.78. The van der Waals surface area contributed by atoms with Crippen LogP contribution in [0.15, 0.2) is 29.1 Å². The zero-order valence-electron chi connectivity index (χ0n) is 19.7. The number of ether oxygens (including phenoxy) is 1. The van der Waals surface area contributed by atoms with E-state index in [4.69, 9.17) is 9.72 Å². The van der Waals surface area contributed by atoms with Crippen LogP contribution in [-0.2, 0) is 28.3 Å². The van der Waals surface area contributed by atoms with Crippen LogP contribution in [0.5, 0.6) is 0 Å². The molecule has 0 saturated heterocycles. The van der Waals surface area contributed by atoms with Crippen molar-refractivity contribution >= 4 is 34.3 Å². The van der Waals surface area contributed by atoms with Gasteiger partial charge in [-0.25, -0.2) is 14.6 Å². The Morgan fingerprint density at radius 2 is 2.00 bits per heavy atom. The normalized spacial score (nSPS) is 19.8. The Morgan fingerprint density at radius 3 is 2.77 bits per heavy atom. The molecule has 2 amide bonds.